The highest BCUT2D eigenvalue weighted by Crippen LogP contribution is 2.34. The Morgan fingerprint density at radius 1 is 1.45 bits per heavy atom. The molecule has 1 aromatic heterocycles. The lowest BCUT2D eigenvalue weighted by molar-refractivity contribution is -0.112. The van der Waals surface area contributed by atoms with E-state index < -0.39 is 5.97 Å². The number of hydrogen-bond acceptors (Lipinski definition) is 5. The zero-order valence-corrected chi connectivity index (χ0v) is 11.1. The Morgan fingerprint density at radius 3 is 3.00 bits per heavy atom. The highest BCUT2D eigenvalue weighted by atomic mass is 16.6. The molecule has 1 N–H and O–H groups in total. The number of carboxylic acids is 1. The van der Waals surface area contributed by atoms with Crippen LogP contribution < -0.4 is 4.74 Å². The third-order valence-electron chi connectivity index (χ3n) is 3.77. The van der Waals surface area contributed by atoms with Gasteiger partial charge in [-0.05, 0) is 12.1 Å². The van der Waals surface area contributed by atoms with Crippen molar-refractivity contribution >= 4 is 5.97 Å². The molecule has 3 rings (SSSR count). The van der Waals surface area contributed by atoms with Crippen molar-refractivity contribution in [2.75, 3.05) is 19.8 Å². The van der Waals surface area contributed by atoms with Crippen molar-refractivity contribution in [3.05, 3.63) is 24.0 Å². The van der Waals surface area contributed by atoms with Crippen LogP contribution in [0, 0.1) is 0 Å². The highest BCUT2D eigenvalue weighted by Gasteiger charge is 2.41. The molecule has 0 saturated carbocycles. The molecule has 0 radical (unpaired) electrons. The third kappa shape index (κ3) is 2.76. The van der Waals surface area contributed by atoms with Gasteiger partial charge >= 0.3 is 5.97 Å². The largest absolute Gasteiger partial charge is 0.489 e. The molecule has 2 fully saturated rings. The molecule has 2 atom stereocenters. The summed E-state index contributed by atoms with van der Waals surface area (Å²) < 4.78 is 17.2. The predicted molar refractivity (Wildman–Crippen MR) is 69.0 cm³/mol. The van der Waals surface area contributed by atoms with Crippen molar-refractivity contribution in [1.29, 1.82) is 0 Å². The van der Waals surface area contributed by atoms with Gasteiger partial charge in [-0.15, -0.1) is 0 Å². The smallest absolute Gasteiger partial charge is 0.354 e. The number of pyridine rings is 1. The molecule has 0 aliphatic carbocycles. The zero-order valence-electron chi connectivity index (χ0n) is 11.1. The number of hydrogen-bond donors (Lipinski definition) is 1. The van der Waals surface area contributed by atoms with E-state index in [1.54, 1.807) is 6.07 Å². The summed E-state index contributed by atoms with van der Waals surface area (Å²) in [6.07, 6.45) is 4.04. The predicted octanol–water partition coefficient (Wildman–Crippen LogP) is 1.50. The maximum Gasteiger partial charge on any atom is 0.354 e. The van der Waals surface area contributed by atoms with Gasteiger partial charge in [0.1, 0.15) is 17.5 Å². The van der Waals surface area contributed by atoms with Crippen LogP contribution in [0.15, 0.2) is 18.3 Å². The summed E-state index contributed by atoms with van der Waals surface area (Å²) in [5.74, 6) is -0.444. The number of rotatable bonds is 3. The van der Waals surface area contributed by atoms with Crippen LogP contribution in [0.1, 0.15) is 29.8 Å². The van der Waals surface area contributed by atoms with E-state index in [4.69, 9.17) is 19.3 Å². The second kappa shape index (κ2) is 5.38. The van der Waals surface area contributed by atoms with Crippen molar-refractivity contribution in [2.45, 2.75) is 31.0 Å². The monoisotopic (exact) mass is 279 g/mol. The Bertz CT molecular complexity index is 481. The zero-order chi connectivity index (χ0) is 14.0. The fraction of sp³-hybridized carbons (Fsp3) is 0.571. The molecule has 2 aliphatic rings. The van der Waals surface area contributed by atoms with Gasteiger partial charge in [-0.3, -0.25) is 0 Å². The quantitative estimate of drug-likeness (QED) is 0.903. The molecule has 2 unspecified atom stereocenters. The van der Waals surface area contributed by atoms with Gasteiger partial charge in [0.2, 0.25) is 0 Å². The summed E-state index contributed by atoms with van der Waals surface area (Å²) in [6.45, 7) is 2.03. The molecule has 0 aromatic carbocycles. The number of aromatic nitrogens is 1. The maximum absolute atomic E-state index is 10.7. The molecule has 0 amide bonds. The lowest BCUT2D eigenvalue weighted by Gasteiger charge is -2.36. The molecule has 2 aliphatic heterocycles. The van der Waals surface area contributed by atoms with Crippen LogP contribution in [0.4, 0.5) is 0 Å². The molecule has 1 aromatic rings. The first-order valence-corrected chi connectivity index (χ1v) is 6.75. The molecule has 1 spiro atoms. The number of carboxylic acid groups (broad SMARTS) is 1. The Labute approximate surface area is 116 Å². The topological polar surface area (TPSA) is 77.9 Å². The van der Waals surface area contributed by atoms with E-state index >= 15 is 0 Å². The first kappa shape index (κ1) is 13.3. The second-order valence-corrected chi connectivity index (χ2v) is 5.25. The van der Waals surface area contributed by atoms with Crippen molar-refractivity contribution < 1.29 is 24.1 Å². The van der Waals surface area contributed by atoms with Crippen molar-refractivity contribution in [2.24, 2.45) is 0 Å². The summed E-state index contributed by atoms with van der Waals surface area (Å²) in [4.78, 5) is 14.6. The Balaban J connectivity index is 1.63. The van der Waals surface area contributed by atoms with Crippen LogP contribution in [0.2, 0.25) is 0 Å². The number of aromatic carboxylic acids is 1. The average Bonchev–Trinajstić information content (AvgIpc) is 2.87. The van der Waals surface area contributed by atoms with Crippen LogP contribution in [0.3, 0.4) is 0 Å². The summed E-state index contributed by atoms with van der Waals surface area (Å²) in [7, 11) is 0. The summed E-state index contributed by atoms with van der Waals surface area (Å²) in [5, 5.41) is 8.80. The SMILES string of the molecule is O=C(O)c1ccc(OC2CCOC3(CCOC3)C2)cn1. The average molecular weight is 279 g/mol. The third-order valence-corrected chi connectivity index (χ3v) is 3.77. The number of ether oxygens (including phenoxy) is 3. The Morgan fingerprint density at radius 2 is 2.35 bits per heavy atom. The van der Waals surface area contributed by atoms with Gasteiger partial charge in [0.05, 0.1) is 25.0 Å². The van der Waals surface area contributed by atoms with E-state index in [9.17, 15) is 4.79 Å². The maximum atomic E-state index is 10.7. The van der Waals surface area contributed by atoms with Gasteiger partial charge < -0.3 is 19.3 Å². The van der Waals surface area contributed by atoms with Crippen molar-refractivity contribution in [3.63, 3.8) is 0 Å². The van der Waals surface area contributed by atoms with E-state index in [1.165, 1.54) is 12.3 Å². The van der Waals surface area contributed by atoms with E-state index in [-0.39, 0.29) is 17.4 Å². The van der Waals surface area contributed by atoms with E-state index in [1.807, 2.05) is 0 Å². The minimum Gasteiger partial charge on any atom is -0.489 e. The van der Waals surface area contributed by atoms with Crippen LogP contribution in [-0.4, -0.2) is 47.6 Å². The van der Waals surface area contributed by atoms with Gasteiger partial charge in [-0.1, -0.05) is 0 Å². The minimum absolute atomic E-state index is 0.0185. The van der Waals surface area contributed by atoms with Crippen molar-refractivity contribution in [1.82, 2.24) is 4.98 Å². The molecule has 0 bridgehead atoms. The standard InChI is InChI=1S/C14H17NO5/c16-13(17)12-2-1-11(8-15-12)20-10-3-5-19-14(7-10)4-6-18-9-14/h1-2,8,10H,3-7,9H2,(H,16,17). The molecule has 3 heterocycles. The van der Waals surface area contributed by atoms with E-state index in [2.05, 4.69) is 4.98 Å². The van der Waals surface area contributed by atoms with E-state index in [0.29, 0.717) is 19.0 Å². The van der Waals surface area contributed by atoms with Crippen LogP contribution in [0.5, 0.6) is 5.75 Å². The van der Waals surface area contributed by atoms with Gasteiger partial charge in [0.15, 0.2) is 0 Å². The number of carbonyl (C=O) groups is 1. The second-order valence-electron chi connectivity index (χ2n) is 5.25. The molecular weight excluding hydrogens is 262 g/mol. The molecule has 6 heteroatoms. The first-order valence-electron chi connectivity index (χ1n) is 6.75. The first-order chi connectivity index (χ1) is 9.67. The lowest BCUT2D eigenvalue weighted by atomic mass is 9.91. The van der Waals surface area contributed by atoms with Gasteiger partial charge in [0.25, 0.3) is 0 Å². The van der Waals surface area contributed by atoms with Gasteiger partial charge in [-0.2, -0.15) is 0 Å². The molecule has 6 nitrogen and oxygen atoms in total. The summed E-state index contributed by atoms with van der Waals surface area (Å²) in [5.41, 5.74) is -0.179. The summed E-state index contributed by atoms with van der Waals surface area (Å²) >= 11 is 0. The lowest BCUT2D eigenvalue weighted by Crippen LogP contribution is -2.44. The molecule has 20 heavy (non-hydrogen) atoms. The Hall–Kier alpha value is -1.66. The molecule has 2 saturated heterocycles. The fourth-order valence-electron chi connectivity index (χ4n) is 2.72. The molecule has 108 valence electrons. The normalized spacial score (nSPS) is 29.5. The molecular formula is C14H17NO5. The van der Waals surface area contributed by atoms with E-state index in [0.717, 1.165) is 25.9 Å². The summed E-state index contributed by atoms with van der Waals surface area (Å²) in [6, 6.07) is 3.09. The van der Waals surface area contributed by atoms with Crippen molar-refractivity contribution in [3.8, 4) is 5.75 Å². The van der Waals surface area contributed by atoms with Crippen LogP contribution >= 0.6 is 0 Å². The van der Waals surface area contributed by atoms with Crippen LogP contribution in [-0.2, 0) is 9.47 Å². The minimum atomic E-state index is -1.04. The number of nitrogens with zero attached hydrogens (tertiary/aromatic N) is 1. The van der Waals surface area contributed by atoms with Gasteiger partial charge in [0, 0.05) is 25.9 Å². The van der Waals surface area contributed by atoms with Gasteiger partial charge in [-0.25, -0.2) is 9.78 Å². The Kier molecular flexibility index (Phi) is 3.58. The fourth-order valence-corrected chi connectivity index (χ4v) is 2.72. The highest BCUT2D eigenvalue weighted by molar-refractivity contribution is 5.85. The van der Waals surface area contributed by atoms with Crippen LogP contribution in [0.25, 0.3) is 0 Å².